The van der Waals surface area contributed by atoms with Gasteiger partial charge in [-0.25, -0.2) is 4.79 Å². The van der Waals surface area contributed by atoms with Crippen LogP contribution in [0.3, 0.4) is 0 Å². The number of para-hydroxylation sites is 1. The minimum absolute atomic E-state index is 0.113. The lowest BCUT2D eigenvalue weighted by molar-refractivity contribution is -0.148. The van der Waals surface area contributed by atoms with E-state index in [4.69, 9.17) is 10.5 Å². The molecule has 0 saturated heterocycles. The van der Waals surface area contributed by atoms with Gasteiger partial charge in [0.05, 0.1) is 0 Å². The Morgan fingerprint density at radius 3 is 2.15 bits per heavy atom. The zero-order valence-electron chi connectivity index (χ0n) is 24.4. The highest BCUT2D eigenvalue weighted by molar-refractivity contribution is 5.93. The number of primary amides is 1. The largest absolute Gasteiger partial charge is 0.507 e. The first-order chi connectivity index (χ1) is 18.5. The van der Waals surface area contributed by atoms with Gasteiger partial charge in [-0.1, -0.05) is 48.5 Å². The van der Waals surface area contributed by atoms with Crippen LogP contribution in [-0.4, -0.2) is 51.0 Å². The fourth-order valence-corrected chi connectivity index (χ4v) is 4.19. The second kappa shape index (κ2) is 13.3. The molecule has 0 aliphatic carbocycles. The van der Waals surface area contributed by atoms with Crippen LogP contribution < -0.4 is 16.4 Å². The lowest BCUT2D eigenvalue weighted by atomic mass is 9.93. The van der Waals surface area contributed by atoms with E-state index >= 15 is 0 Å². The molecule has 2 rings (SSSR count). The Balaban J connectivity index is 2.58. The lowest BCUT2D eigenvalue weighted by Gasteiger charge is -2.43. The second-order valence-electron chi connectivity index (χ2n) is 11.7. The van der Waals surface area contributed by atoms with E-state index in [1.165, 1.54) is 4.90 Å². The molecule has 2 atom stereocenters. The van der Waals surface area contributed by atoms with Crippen molar-refractivity contribution in [3.63, 3.8) is 0 Å². The maximum absolute atomic E-state index is 14.2. The van der Waals surface area contributed by atoms with Crippen molar-refractivity contribution in [1.29, 1.82) is 0 Å². The first-order valence-corrected chi connectivity index (χ1v) is 13.2. The van der Waals surface area contributed by atoms with Crippen molar-refractivity contribution in [2.75, 3.05) is 0 Å². The van der Waals surface area contributed by atoms with Crippen LogP contribution in [0.25, 0.3) is 0 Å². The summed E-state index contributed by atoms with van der Waals surface area (Å²) < 4.78 is 5.35. The topological polar surface area (TPSA) is 151 Å². The third-order valence-electron chi connectivity index (χ3n) is 6.01. The molecule has 0 aliphatic heterocycles. The van der Waals surface area contributed by atoms with Gasteiger partial charge in [0.25, 0.3) is 0 Å². The van der Waals surface area contributed by atoms with Gasteiger partial charge in [-0.05, 0) is 66.0 Å². The van der Waals surface area contributed by atoms with Gasteiger partial charge >= 0.3 is 6.09 Å². The molecule has 0 radical (unpaired) electrons. The van der Waals surface area contributed by atoms with Gasteiger partial charge in [0.1, 0.15) is 23.4 Å². The summed E-state index contributed by atoms with van der Waals surface area (Å²) in [6.45, 7) is 12.2. The zero-order chi connectivity index (χ0) is 30.3. The number of nitrogens with two attached hydrogens (primary N) is 1. The molecule has 2 aromatic rings. The molecule has 4 amide bonds. The van der Waals surface area contributed by atoms with Gasteiger partial charge in [-0.2, -0.15) is 0 Å². The van der Waals surface area contributed by atoms with Crippen molar-refractivity contribution >= 4 is 23.8 Å². The van der Waals surface area contributed by atoms with Crippen molar-refractivity contribution in [3.8, 4) is 5.75 Å². The van der Waals surface area contributed by atoms with Crippen molar-refractivity contribution < 1.29 is 29.0 Å². The summed E-state index contributed by atoms with van der Waals surface area (Å²) in [6, 6.07) is 11.7. The smallest absolute Gasteiger partial charge is 0.408 e. The summed E-state index contributed by atoms with van der Waals surface area (Å²) in [5.41, 5.74) is 5.15. The maximum Gasteiger partial charge on any atom is 0.408 e. The molecule has 0 saturated carbocycles. The van der Waals surface area contributed by atoms with Gasteiger partial charge in [-0.15, -0.1) is 0 Å². The summed E-state index contributed by atoms with van der Waals surface area (Å²) in [5.74, 6) is -1.95. The highest BCUT2D eigenvalue weighted by Gasteiger charge is 2.43. The first-order valence-electron chi connectivity index (χ1n) is 13.2. The Morgan fingerprint density at radius 1 is 0.975 bits per heavy atom. The second-order valence-corrected chi connectivity index (χ2v) is 11.7. The van der Waals surface area contributed by atoms with Gasteiger partial charge in [0.2, 0.25) is 17.7 Å². The quantitative estimate of drug-likeness (QED) is 0.350. The molecule has 40 heavy (non-hydrogen) atoms. The van der Waals surface area contributed by atoms with Gasteiger partial charge < -0.3 is 31.1 Å². The SMILES string of the molecule is Cc1cccc(C(C(=O)NCc2ccccc2)N(C(=O)C(CCC(N)=O)NC(=O)OC(C)(C)C)C(C)(C)C)c1O. The third kappa shape index (κ3) is 9.29. The van der Waals surface area contributed by atoms with Crippen molar-refractivity contribution in [1.82, 2.24) is 15.5 Å². The number of hydrogen-bond donors (Lipinski definition) is 4. The summed E-state index contributed by atoms with van der Waals surface area (Å²) in [7, 11) is 0. The van der Waals surface area contributed by atoms with E-state index in [2.05, 4.69) is 10.6 Å². The maximum atomic E-state index is 14.2. The first kappa shape index (κ1) is 32.1. The number of benzene rings is 2. The van der Waals surface area contributed by atoms with Crippen LogP contribution in [0.1, 0.15) is 77.1 Å². The Bertz CT molecular complexity index is 1200. The van der Waals surface area contributed by atoms with E-state index in [0.717, 1.165) is 5.56 Å². The Kier molecular flexibility index (Phi) is 10.7. The van der Waals surface area contributed by atoms with E-state index in [-0.39, 0.29) is 30.7 Å². The van der Waals surface area contributed by atoms with Crippen molar-refractivity contribution in [3.05, 3.63) is 65.2 Å². The lowest BCUT2D eigenvalue weighted by Crippen LogP contribution is -2.58. The van der Waals surface area contributed by atoms with Crippen LogP contribution >= 0.6 is 0 Å². The molecule has 218 valence electrons. The van der Waals surface area contributed by atoms with E-state index in [1.54, 1.807) is 66.7 Å². The molecule has 0 aliphatic rings. The molecule has 0 aromatic heterocycles. The number of rotatable bonds is 10. The predicted molar refractivity (Wildman–Crippen MR) is 152 cm³/mol. The Labute approximate surface area is 236 Å². The zero-order valence-corrected chi connectivity index (χ0v) is 24.4. The molecule has 0 spiro atoms. The number of carbonyl (C=O) groups is 4. The molecule has 10 heteroatoms. The fourth-order valence-electron chi connectivity index (χ4n) is 4.19. The number of nitrogens with one attached hydrogen (secondary N) is 2. The molecular formula is C30H42N4O6. The normalized spacial score (nSPS) is 13.1. The minimum Gasteiger partial charge on any atom is -0.507 e. The molecule has 2 aromatic carbocycles. The number of amides is 4. The van der Waals surface area contributed by atoms with E-state index in [1.807, 2.05) is 30.3 Å². The highest BCUT2D eigenvalue weighted by atomic mass is 16.6. The number of phenolic OH excluding ortho intramolecular Hbond substituents is 1. The fraction of sp³-hybridized carbons (Fsp3) is 0.467. The van der Waals surface area contributed by atoms with Gasteiger partial charge in [-0.3, -0.25) is 14.4 Å². The number of aromatic hydroxyl groups is 1. The summed E-state index contributed by atoms with van der Waals surface area (Å²) in [4.78, 5) is 53.7. The molecule has 2 unspecified atom stereocenters. The van der Waals surface area contributed by atoms with E-state index in [0.29, 0.717) is 5.56 Å². The van der Waals surface area contributed by atoms with Crippen LogP contribution in [0.4, 0.5) is 4.79 Å². The van der Waals surface area contributed by atoms with Crippen LogP contribution in [-0.2, 0) is 25.7 Å². The van der Waals surface area contributed by atoms with Gasteiger partial charge in [0, 0.05) is 24.1 Å². The molecule has 0 fully saturated rings. The average Bonchev–Trinajstić information content (AvgIpc) is 2.83. The number of ether oxygens (including phenoxy) is 1. The number of aryl methyl sites for hydroxylation is 1. The predicted octanol–water partition coefficient (Wildman–Crippen LogP) is 3.84. The summed E-state index contributed by atoms with van der Waals surface area (Å²) >= 11 is 0. The average molecular weight is 555 g/mol. The third-order valence-corrected chi connectivity index (χ3v) is 6.01. The number of nitrogens with zero attached hydrogens (tertiary/aromatic N) is 1. The summed E-state index contributed by atoms with van der Waals surface area (Å²) in [5, 5.41) is 16.5. The van der Waals surface area contributed by atoms with E-state index in [9.17, 15) is 24.3 Å². The number of hydrogen-bond acceptors (Lipinski definition) is 6. The number of carbonyl (C=O) groups excluding carboxylic acids is 4. The number of alkyl carbamates (subject to hydrolysis) is 1. The van der Waals surface area contributed by atoms with Crippen LogP contribution in [0.5, 0.6) is 5.75 Å². The van der Waals surface area contributed by atoms with Crippen molar-refractivity contribution in [2.45, 2.75) is 91.1 Å². The van der Waals surface area contributed by atoms with E-state index < -0.39 is 47.0 Å². The Morgan fingerprint density at radius 2 is 1.60 bits per heavy atom. The molecule has 5 N–H and O–H groups in total. The minimum atomic E-state index is -1.27. The van der Waals surface area contributed by atoms with Crippen LogP contribution in [0.2, 0.25) is 0 Å². The monoisotopic (exact) mass is 554 g/mol. The molecule has 10 nitrogen and oxygen atoms in total. The number of phenols is 1. The van der Waals surface area contributed by atoms with Crippen LogP contribution in [0.15, 0.2) is 48.5 Å². The Hall–Kier alpha value is -4.08. The van der Waals surface area contributed by atoms with Gasteiger partial charge in [0.15, 0.2) is 0 Å². The standard InChI is InChI=1S/C30H42N4O6/c1-19-12-11-15-21(25(19)36)24(26(37)32-18-20-13-9-8-10-14-20)34(29(2,3)4)27(38)22(16-17-23(31)35)33-28(39)40-30(5,6)7/h8-15,22,24,36H,16-18H2,1-7H3,(H2,31,35)(H,32,37)(H,33,39). The molecular weight excluding hydrogens is 512 g/mol. The summed E-state index contributed by atoms with van der Waals surface area (Å²) in [6.07, 6.45) is -1.16. The van der Waals surface area contributed by atoms with Crippen LogP contribution in [0, 0.1) is 6.92 Å². The van der Waals surface area contributed by atoms with Crippen molar-refractivity contribution in [2.24, 2.45) is 5.73 Å². The molecule has 0 heterocycles. The highest BCUT2D eigenvalue weighted by Crippen LogP contribution is 2.36. The molecule has 0 bridgehead atoms.